The Morgan fingerprint density at radius 2 is 1.68 bits per heavy atom. The summed E-state index contributed by atoms with van der Waals surface area (Å²) in [5.74, 6) is -0.977. The number of hydrogen-bond donors (Lipinski definition) is 1. The summed E-state index contributed by atoms with van der Waals surface area (Å²) in [6.45, 7) is 1.59. The fourth-order valence-electron chi connectivity index (χ4n) is 2.57. The minimum absolute atomic E-state index is 0.276. The number of nitrogens with zero attached hydrogens (tertiary/aromatic N) is 1. The van der Waals surface area contributed by atoms with E-state index in [4.69, 9.17) is 0 Å². The Labute approximate surface area is 161 Å². The van der Waals surface area contributed by atoms with Gasteiger partial charge in [0.15, 0.2) is 0 Å². The smallest absolute Gasteiger partial charge is 0.416 e. The fourth-order valence-corrected chi connectivity index (χ4v) is 2.57. The van der Waals surface area contributed by atoms with Crippen molar-refractivity contribution in [3.05, 3.63) is 65.7 Å². The Morgan fingerprint density at radius 3 is 2.21 bits per heavy atom. The molecule has 1 atom stereocenters. The minimum Gasteiger partial charge on any atom is -0.468 e. The molecule has 150 valence electrons. The molecule has 2 aromatic carbocycles. The molecular weight excluding hydrogens is 373 g/mol. The predicted molar refractivity (Wildman–Crippen MR) is 98.6 cm³/mol. The number of carbonyl (C=O) groups excluding carboxylic acids is 2. The van der Waals surface area contributed by atoms with Crippen LogP contribution >= 0.6 is 0 Å². The van der Waals surface area contributed by atoms with Crippen molar-refractivity contribution in [1.29, 1.82) is 0 Å². The number of nitrogens with one attached hydrogen (secondary N) is 1. The van der Waals surface area contributed by atoms with Crippen molar-refractivity contribution >= 4 is 17.6 Å². The summed E-state index contributed by atoms with van der Waals surface area (Å²) in [4.78, 5) is 25.7. The van der Waals surface area contributed by atoms with Crippen LogP contribution in [-0.4, -0.2) is 31.6 Å². The van der Waals surface area contributed by atoms with Gasteiger partial charge < -0.3 is 15.0 Å². The summed E-state index contributed by atoms with van der Waals surface area (Å²) in [6.07, 6.45) is -4.47. The zero-order chi connectivity index (χ0) is 20.7. The van der Waals surface area contributed by atoms with Gasteiger partial charge in [-0.3, -0.25) is 9.59 Å². The summed E-state index contributed by atoms with van der Waals surface area (Å²) >= 11 is 0. The maximum absolute atomic E-state index is 12.8. The Kier molecular flexibility index (Phi) is 7.03. The fraction of sp³-hybridized carbons (Fsp3) is 0.300. The van der Waals surface area contributed by atoms with E-state index in [2.05, 4.69) is 10.1 Å². The maximum Gasteiger partial charge on any atom is 0.416 e. The van der Waals surface area contributed by atoms with E-state index < -0.39 is 23.8 Å². The Hall–Kier alpha value is -3.03. The molecule has 1 N–H and O–H groups in total. The van der Waals surface area contributed by atoms with E-state index in [0.717, 1.165) is 17.7 Å². The molecule has 0 saturated heterocycles. The van der Waals surface area contributed by atoms with Gasteiger partial charge in [-0.15, -0.1) is 0 Å². The van der Waals surface area contributed by atoms with E-state index in [1.807, 2.05) is 30.3 Å². The summed E-state index contributed by atoms with van der Waals surface area (Å²) in [5, 5.41) is 2.76. The second-order valence-corrected chi connectivity index (χ2v) is 6.13. The monoisotopic (exact) mass is 394 g/mol. The third-order valence-electron chi connectivity index (χ3n) is 4.21. The first-order valence-corrected chi connectivity index (χ1v) is 8.54. The number of benzene rings is 2. The molecule has 0 aromatic heterocycles. The van der Waals surface area contributed by atoms with Crippen LogP contribution < -0.4 is 10.2 Å². The number of hydrogen-bond acceptors (Lipinski definition) is 4. The molecule has 2 aromatic rings. The van der Waals surface area contributed by atoms with Crippen molar-refractivity contribution in [2.75, 3.05) is 18.6 Å². The van der Waals surface area contributed by atoms with E-state index in [1.165, 1.54) is 24.1 Å². The normalized spacial score (nSPS) is 12.2. The maximum atomic E-state index is 12.8. The molecule has 0 heterocycles. The van der Waals surface area contributed by atoms with E-state index in [9.17, 15) is 22.8 Å². The third-order valence-corrected chi connectivity index (χ3v) is 4.21. The number of carbonyl (C=O) groups is 2. The first-order valence-electron chi connectivity index (χ1n) is 8.54. The van der Waals surface area contributed by atoms with Gasteiger partial charge in [0.25, 0.3) is 0 Å². The van der Waals surface area contributed by atoms with Gasteiger partial charge in [-0.25, -0.2) is 0 Å². The molecule has 0 unspecified atom stereocenters. The van der Waals surface area contributed by atoms with Gasteiger partial charge in [-0.2, -0.15) is 13.2 Å². The Morgan fingerprint density at radius 1 is 1.07 bits per heavy atom. The van der Waals surface area contributed by atoms with Crippen LogP contribution in [0, 0.1) is 0 Å². The van der Waals surface area contributed by atoms with Gasteiger partial charge in [0.1, 0.15) is 12.6 Å². The second-order valence-electron chi connectivity index (χ2n) is 6.13. The Bertz CT molecular complexity index is 793. The van der Waals surface area contributed by atoms with E-state index in [1.54, 1.807) is 6.92 Å². The van der Waals surface area contributed by atoms with E-state index in [0.29, 0.717) is 12.2 Å². The standard InChI is InChI=1S/C20H21F3N2O3/c1-14(19(27)24-12-15-6-4-3-5-7-15)25(13-18(26)28-2)17-10-8-16(9-11-17)20(21,22)23/h3-11,14H,12-13H2,1-2H3,(H,24,27)/t14-/m1/s1. The molecule has 28 heavy (non-hydrogen) atoms. The molecule has 0 aliphatic carbocycles. The molecule has 8 heteroatoms. The van der Waals surface area contributed by atoms with Crippen molar-refractivity contribution in [1.82, 2.24) is 5.32 Å². The molecule has 2 rings (SSSR count). The average Bonchev–Trinajstić information content (AvgIpc) is 2.69. The summed E-state index contributed by atoms with van der Waals surface area (Å²) < 4.78 is 43.0. The molecule has 5 nitrogen and oxygen atoms in total. The van der Waals surface area contributed by atoms with E-state index in [-0.39, 0.29) is 12.5 Å². The summed E-state index contributed by atoms with van der Waals surface area (Å²) in [6, 6.07) is 12.7. The molecule has 0 fully saturated rings. The second kappa shape index (κ2) is 9.25. The molecule has 0 saturated carbocycles. The van der Waals surface area contributed by atoms with Crippen LogP contribution in [0.15, 0.2) is 54.6 Å². The number of ether oxygens (including phenoxy) is 1. The number of alkyl halides is 3. The van der Waals surface area contributed by atoms with Crippen molar-refractivity contribution < 1.29 is 27.5 Å². The SMILES string of the molecule is COC(=O)CN(c1ccc(C(F)(F)F)cc1)[C@H](C)C(=O)NCc1ccccc1. The number of halogens is 3. The molecule has 0 radical (unpaired) electrons. The van der Waals surface area contributed by atoms with Gasteiger partial charge in [-0.05, 0) is 36.8 Å². The average molecular weight is 394 g/mol. The predicted octanol–water partition coefficient (Wildman–Crippen LogP) is 3.39. The minimum atomic E-state index is -4.47. The first kappa shape index (κ1) is 21.3. The highest BCUT2D eigenvalue weighted by molar-refractivity contribution is 5.87. The van der Waals surface area contributed by atoms with Crippen LogP contribution in [0.3, 0.4) is 0 Å². The highest BCUT2D eigenvalue weighted by Gasteiger charge is 2.31. The molecule has 0 aliphatic heterocycles. The molecular formula is C20H21F3N2O3. The largest absolute Gasteiger partial charge is 0.468 e. The van der Waals surface area contributed by atoms with Crippen LogP contribution in [0.5, 0.6) is 0 Å². The molecule has 1 amide bonds. The summed E-state index contributed by atoms with van der Waals surface area (Å²) in [7, 11) is 1.20. The number of esters is 1. The van der Waals surface area contributed by atoms with Crippen molar-refractivity contribution in [2.45, 2.75) is 25.7 Å². The highest BCUT2D eigenvalue weighted by atomic mass is 19.4. The topological polar surface area (TPSA) is 58.6 Å². The molecule has 0 spiro atoms. The lowest BCUT2D eigenvalue weighted by Crippen LogP contribution is -2.47. The lowest BCUT2D eigenvalue weighted by molar-refractivity contribution is -0.139. The van der Waals surface area contributed by atoms with Crippen LogP contribution in [0.2, 0.25) is 0 Å². The number of amides is 1. The Balaban J connectivity index is 2.16. The zero-order valence-electron chi connectivity index (χ0n) is 15.5. The van der Waals surface area contributed by atoms with Gasteiger partial charge >= 0.3 is 12.1 Å². The van der Waals surface area contributed by atoms with Crippen LogP contribution in [-0.2, 0) is 27.0 Å². The quantitative estimate of drug-likeness (QED) is 0.732. The number of methoxy groups -OCH3 is 1. The zero-order valence-corrected chi connectivity index (χ0v) is 15.5. The van der Waals surface area contributed by atoms with E-state index >= 15 is 0 Å². The van der Waals surface area contributed by atoms with Gasteiger partial charge in [-0.1, -0.05) is 30.3 Å². The third kappa shape index (κ3) is 5.73. The van der Waals surface area contributed by atoms with Gasteiger partial charge in [0.05, 0.1) is 12.7 Å². The highest BCUT2D eigenvalue weighted by Crippen LogP contribution is 2.30. The number of anilines is 1. The lowest BCUT2D eigenvalue weighted by Gasteiger charge is -2.29. The first-order chi connectivity index (χ1) is 13.2. The molecule has 0 bridgehead atoms. The van der Waals surface area contributed by atoms with Gasteiger partial charge in [0.2, 0.25) is 5.91 Å². The van der Waals surface area contributed by atoms with Crippen LogP contribution in [0.1, 0.15) is 18.1 Å². The lowest BCUT2D eigenvalue weighted by atomic mass is 10.1. The van der Waals surface area contributed by atoms with Crippen molar-refractivity contribution in [3.63, 3.8) is 0 Å². The molecule has 0 aliphatic rings. The van der Waals surface area contributed by atoms with Crippen molar-refractivity contribution in [2.24, 2.45) is 0 Å². The summed E-state index contributed by atoms with van der Waals surface area (Å²) in [5.41, 5.74) is 0.397. The van der Waals surface area contributed by atoms with Crippen LogP contribution in [0.4, 0.5) is 18.9 Å². The van der Waals surface area contributed by atoms with Gasteiger partial charge in [0, 0.05) is 12.2 Å². The van der Waals surface area contributed by atoms with Crippen molar-refractivity contribution in [3.8, 4) is 0 Å². The number of rotatable bonds is 7. The van der Waals surface area contributed by atoms with Crippen LogP contribution in [0.25, 0.3) is 0 Å².